The van der Waals surface area contributed by atoms with Gasteiger partial charge >= 0.3 is 0 Å². The molecule has 0 aliphatic rings. The van der Waals surface area contributed by atoms with Gasteiger partial charge in [-0.15, -0.1) is 0 Å². The molecule has 1 rings (SSSR count). The maximum Gasteiger partial charge on any atom is 0.0329 e. The van der Waals surface area contributed by atoms with Gasteiger partial charge in [0.2, 0.25) is 0 Å². The van der Waals surface area contributed by atoms with Crippen molar-refractivity contribution in [2.75, 3.05) is 26.7 Å². The molecular formula is C16H28N2. The molecule has 0 amide bonds. The topological polar surface area (TPSA) is 15.3 Å². The van der Waals surface area contributed by atoms with Crippen LogP contribution in [0.4, 0.5) is 0 Å². The molecule has 0 saturated carbocycles. The van der Waals surface area contributed by atoms with Gasteiger partial charge in [0.1, 0.15) is 0 Å². The zero-order chi connectivity index (χ0) is 13.2. The monoisotopic (exact) mass is 248 g/mol. The first-order valence-electron chi connectivity index (χ1n) is 7.26. The number of unbranched alkanes of at least 4 members (excludes halogenated alkanes) is 1. The van der Waals surface area contributed by atoms with Crippen LogP contribution in [-0.4, -0.2) is 31.6 Å². The van der Waals surface area contributed by atoms with Crippen LogP contribution in [-0.2, 0) is 0 Å². The fourth-order valence-corrected chi connectivity index (χ4v) is 2.28. The van der Waals surface area contributed by atoms with E-state index in [-0.39, 0.29) is 0 Å². The second-order valence-corrected chi connectivity index (χ2v) is 4.83. The molecule has 0 bridgehead atoms. The highest BCUT2D eigenvalue weighted by Gasteiger charge is 2.10. The Labute approximate surface area is 112 Å². The third kappa shape index (κ3) is 5.19. The molecule has 102 valence electrons. The van der Waals surface area contributed by atoms with E-state index < -0.39 is 0 Å². The molecule has 1 aromatic rings. The molecule has 1 N–H and O–H groups in total. The summed E-state index contributed by atoms with van der Waals surface area (Å²) in [7, 11) is 2.06. The van der Waals surface area contributed by atoms with Crippen molar-refractivity contribution >= 4 is 0 Å². The highest BCUT2D eigenvalue weighted by molar-refractivity contribution is 5.18. The minimum absolute atomic E-state index is 0.474. The van der Waals surface area contributed by atoms with E-state index >= 15 is 0 Å². The molecule has 0 saturated heterocycles. The van der Waals surface area contributed by atoms with E-state index in [0.29, 0.717) is 6.04 Å². The van der Waals surface area contributed by atoms with Crippen molar-refractivity contribution in [2.24, 2.45) is 0 Å². The highest BCUT2D eigenvalue weighted by atomic mass is 15.1. The van der Waals surface area contributed by atoms with Crippen LogP contribution >= 0.6 is 0 Å². The van der Waals surface area contributed by atoms with Crippen LogP contribution < -0.4 is 5.32 Å². The number of nitrogens with zero attached hydrogens (tertiary/aromatic N) is 1. The van der Waals surface area contributed by atoms with E-state index in [0.717, 1.165) is 6.54 Å². The predicted molar refractivity (Wildman–Crippen MR) is 79.9 cm³/mol. The van der Waals surface area contributed by atoms with Gasteiger partial charge in [-0.3, -0.25) is 0 Å². The van der Waals surface area contributed by atoms with Gasteiger partial charge in [0.25, 0.3) is 0 Å². The number of hydrogen-bond donors (Lipinski definition) is 1. The van der Waals surface area contributed by atoms with E-state index in [2.05, 4.69) is 61.4 Å². The third-order valence-corrected chi connectivity index (χ3v) is 3.56. The van der Waals surface area contributed by atoms with Crippen LogP contribution in [0, 0.1) is 0 Å². The zero-order valence-electron chi connectivity index (χ0n) is 12.2. The van der Waals surface area contributed by atoms with Gasteiger partial charge in [-0.2, -0.15) is 0 Å². The van der Waals surface area contributed by atoms with Crippen LogP contribution in [0.25, 0.3) is 0 Å². The first kappa shape index (κ1) is 15.2. The van der Waals surface area contributed by atoms with Crippen molar-refractivity contribution in [3.05, 3.63) is 35.9 Å². The Morgan fingerprint density at radius 2 is 1.83 bits per heavy atom. The Kier molecular flexibility index (Phi) is 7.70. The summed E-state index contributed by atoms with van der Waals surface area (Å²) in [4.78, 5) is 2.55. The quantitative estimate of drug-likeness (QED) is 0.720. The summed E-state index contributed by atoms with van der Waals surface area (Å²) in [6.07, 6.45) is 3.77. The lowest BCUT2D eigenvalue weighted by Crippen LogP contribution is -2.29. The second kappa shape index (κ2) is 9.12. The van der Waals surface area contributed by atoms with Gasteiger partial charge in [-0.25, -0.2) is 0 Å². The van der Waals surface area contributed by atoms with Gasteiger partial charge in [0.15, 0.2) is 0 Å². The maximum absolute atomic E-state index is 3.43. The van der Waals surface area contributed by atoms with Gasteiger partial charge in [0.05, 0.1) is 0 Å². The SMILES string of the molecule is CCCCN(CC)CCC(NC)c1ccccc1. The molecule has 0 fully saturated rings. The molecule has 1 aromatic carbocycles. The Balaban J connectivity index is 2.43. The molecule has 2 nitrogen and oxygen atoms in total. The standard InChI is InChI=1S/C16H28N2/c1-4-6-13-18(5-2)14-12-16(17-3)15-10-8-7-9-11-15/h7-11,16-17H,4-6,12-14H2,1-3H3. The normalized spacial score (nSPS) is 12.9. The first-order chi connectivity index (χ1) is 8.81. The number of nitrogens with one attached hydrogen (secondary N) is 1. The van der Waals surface area contributed by atoms with Crippen molar-refractivity contribution in [3.63, 3.8) is 0 Å². The maximum atomic E-state index is 3.43. The summed E-state index contributed by atoms with van der Waals surface area (Å²) in [6.45, 7) is 8.08. The lowest BCUT2D eigenvalue weighted by Gasteiger charge is -2.24. The van der Waals surface area contributed by atoms with Crippen molar-refractivity contribution in [1.29, 1.82) is 0 Å². The number of benzene rings is 1. The molecule has 0 radical (unpaired) electrons. The third-order valence-electron chi connectivity index (χ3n) is 3.56. The highest BCUT2D eigenvalue weighted by Crippen LogP contribution is 2.16. The molecule has 0 aliphatic heterocycles. The summed E-state index contributed by atoms with van der Waals surface area (Å²) in [5.41, 5.74) is 1.39. The Bertz CT molecular complexity index is 297. The van der Waals surface area contributed by atoms with E-state index in [1.807, 2.05) is 0 Å². The molecule has 0 spiro atoms. The summed E-state index contributed by atoms with van der Waals surface area (Å²) < 4.78 is 0. The Morgan fingerprint density at radius 3 is 2.39 bits per heavy atom. The Morgan fingerprint density at radius 1 is 1.11 bits per heavy atom. The van der Waals surface area contributed by atoms with Crippen LogP contribution in [0.2, 0.25) is 0 Å². The minimum Gasteiger partial charge on any atom is -0.313 e. The van der Waals surface area contributed by atoms with E-state index in [9.17, 15) is 0 Å². The lowest BCUT2D eigenvalue weighted by atomic mass is 10.0. The van der Waals surface area contributed by atoms with Gasteiger partial charge in [-0.05, 0) is 45.1 Å². The van der Waals surface area contributed by atoms with E-state index in [1.165, 1.54) is 37.9 Å². The van der Waals surface area contributed by atoms with Crippen molar-refractivity contribution < 1.29 is 0 Å². The minimum atomic E-state index is 0.474. The van der Waals surface area contributed by atoms with Gasteiger partial charge in [0, 0.05) is 6.04 Å². The zero-order valence-corrected chi connectivity index (χ0v) is 12.2. The molecule has 1 unspecified atom stereocenters. The summed E-state index contributed by atoms with van der Waals surface area (Å²) >= 11 is 0. The van der Waals surface area contributed by atoms with Crippen LogP contribution in [0.3, 0.4) is 0 Å². The predicted octanol–water partition coefficient (Wildman–Crippen LogP) is 3.46. The van der Waals surface area contributed by atoms with E-state index in [4.69, 9.17) is 0 Å². The summed E-state index contributed by atoms with van der Waals surface area (Å²) in [5.74, 6) is 0. The van der Waals surface area contributed by atoms with Gasteiger partial charge < -0.3 is 10.2 Å². The summed E-state index contributed by atoms with van der Waals surface area (Å²) in [6, 6.07) is 11.2. The van der Waals surface area contributed by atoms with Crippen LogP contribution in [0.15, 0.2) is 30.3 Å². The first-order valence-corrected chi connectivity index (χ1v) is 7.26. The average Bonchev–Trinajstić information content (AvgIpc) is 2.44. The van der Waals surface area contributed by atoms with E-state index in [1.54, 1.807) is 0 Å². The van der Waals surface area contributed by atoms with Crippen LogP contribution in [0.5, 0.6) is 0 Å². The lowest BCUT2D eigenvalue weighted by molar-refractivity contribution is 0.267. The molecule has 0 heterocycles. The van der Waals surface area contributed by atoms with Crippen molar-refractivity contribution in [3.8, 4) is 0 Å². The number of rotatable bonds is 9. The smallest absolute Gasteiger partial charge is 0.0329 e. The molecule has 0 aromatic heterocycles. The molecule has 2 heteroatoms. The average molecular weight is 248 g/mol. The fraction of sp³-hybridized carbons (Fsp3) is 0.625. The van der Waals surface area contributed by atoms with Crippen molar-refractivity contribution in [2.45, 2.75) is 39.2 Å². The summed E-state index contributed by atoms with van der Waals surface area (Å²) in [5, 5.41) is 3.43. The van der Waals surface area contributed by atoms with Gasteiger partial charge in [-0.1, -0.05) is 50.6 Å². The largest absolute Gasteiger partial charge is 0.313 e. The number of hydrogen-bond acceptors (Lipinski definition) is 2. The molecule has 18 heavy (non-hydrogen) atoms. The Hall–Kier alpha value is -0.860. The van der Waals surface area contributed by atoms with Crippen LogP contribution in [0.1, 0.15) is 44.7 Å². The molecular weight excluding hydrogens is 220 g/mol. The fourth-order valence-electron chi connectivity index (χ4n) is 2.28. The second-order valence-electron chi connectivity index (χ2n) is 4.83. The molecule has 1 atom stereocenters. The van der Waals surface area contributed by atoms with Crippen molar-refractivity contribution in [1.82, 2.24) is 10.2 Å². The molecule has 0 aliphatic carbocycles.